The Kier molecular flexibility index (Phi) is 5.02. The van der Waals surface area contributed by atoms with E-state index >= 15 is 0 Å². The minimum Gasteiger partial charge on any atom is -0.496 e. The molecule has 4 nitrogen and oxygen atoms in total. The zero-order valence-corrected chi connectivity index (χ0v) is 12.9. The standard InChI is InChI=1S/C16H25NO3/c1-12-5-6-15(18-3)14(9-12)13(2)17-10-16(19-4)7-8-20-11-16/h5-6,9,13,17H,7-8,10-11H2,1-4H3. The van der Waals surface area contributed by atoms with E-state index in [-0.39, 0.29) is 11.6 Å². The van der Waals surface area contributed by atoms with Gasteiger partial charge in [0.2, 0.25) is 0 Å². The summed E-state index contributed by atoms with van der Waals surface area (Å²) in [6.45, 7) is 6.46. The maximum absolute atomic E-state index is 5.65. The second-order valence-corrected chi connectivity index (χ2v) is 5.54. The summed E-state index contributed by atoms with van der Waals surface area (Å²) in [4.78, 5) is 0. The van der Waals surface area contributed by atoms with Crippen LogP contribution in [0.15, 0.2) is 18.2 Å². The quantitative estimate of drug-likeness (QED) is 0.868. The monoisotopic (exact) mass is 279 g/mol. The average molecular weight is 279 g/mol. The zero-order valence-electron chi connectivity index (χ0n) is 12.9. The summed E-state index contributed by atoms with van der Waals surface area (Å²) < 4.78 is 16.6. The van der Waals surface area contributed by atoms with Crippen LogP contribution in [0.3, 0.4) is 0 Å². The Morgan fingerprint density at radius 1 is 1.40 bits per heavy atom. The van der Waals surface area contributed by atoms with E-state index < -0.39 is 0 Å². The third kappa shape index (κ3) is 3.32. The van der Waals surface area contributed by atoms with Gasteiger partial charge in [-0.2, -0.15) is 0 Å². The van der Waals surface area contributed by atoms with Crippen molar-refractivity contribution < 1.29 is 14.2 Å². The molecule has 0 bridgehead atoms. The van der Waals surface area contributed by atoms with Crippen molar-refractivity contribution in [3.8, 4) is 5.75 Å². The molecule has 0 aliphatic carbocycles. The lowest BCUT2D eigenvalue weighted by Gasteiger charge is -2.28. The molecule has 1 aliphatic rings. The fourth-order valence-corrected chi connectivity index (χ4v) is 2.60. The lowest BCUT2D eigenvalue weighted by atomic mass is 10.0. The van der Waals surface area contributed by atoms with Crippen LogP contribution in [0.1, 0.15) is 30.5 Å². The van der Waals surface area contributed by atoms with Gasteiger partial charge >= 0.3 is 0 Å². The lowest BCUT2D eigenvalue weighted by Crippen LogP contribution is -2.43. The Hall–Kier alpha value is -1.10. The van der Waals surface area contributed by atoms with E-state index in [1.54, 1.807) is 14.2 Å². The molecule has 0 spiro atoms. The average Bonchev–Trinajstić information content (AvgIpc) is 2.94. The van der Waals surface area contributed by atoms with Crippen molar-refractivity contribution in [3.05, 3.63) is 29.3 Å². The Morgan fingerprint density at radius 3 is 2.80 bits per heavy atom. The minimum absolute atomic E-state index is 0.189. The lowest BCUT2D eigenvalue weighted by molar-refractivity contribution is -0.0172. The van der Waals surface area contributed by atoms with Crippen molar-refractivity contribution in [1.82, 2.24) is 5.32 Å². The number of ether oxygens (including phenoxy) is 3. The van der Waals surface area contributed by atoms with Crippen LogP contribution in [0.5, 0.6) is 5.75 Å². The van der Waals surface area contributed by atoms with E-state index in [0.29, 0.717) is 6.61 Å². The number of rotatable bonds is 6. The highest BCUT2D eigenvalue weighted by Crippen LogP contribution is 2.28. The second-order valence-electron chi connectivity index (χ2n) is 5.54. The molecular weight excluding hydrogens is 254 g/mol. The van der Waals surface area contributed by atoms with Crippen molar-refractivity contribution in [3.63, 3.8) is 0 Å². The van der Waals surface area contributed by atoms with Crippen LogP contribution in [-0.4, -0.2) is 39.6 Å². The van der Waals surface area contributed by atoms with E-state index in [0.717, 1.165) is 25.3 Å². The highest BCUT2D eigenvalue weighted by Gasteiger charge is 2.35. The van der Waals surface area contributed by atoms with Crippen LogP contribution in [0.4, 0.5) is 0 Å². The van der Waals surface area contributed by atoms with Gasteiger partial charge < -0.3 is 19.5 Å². The normalized spacial score (nSPS) is 23.8. The van der Waals surface area contributed by atoms with Gasteiger partial charge in [0, 0.05) is 38.3 Å². The van der Waals surface area contributed by atoms with E-state index in [1.807, 2.05) is 6.07 Å². The van der Waals surface area contributed by atoms with Gasteiger partial charge in [-0.25, -0.2) is 0 Å². The first-order chi connectivity index (χ1) is 9.60. The van der Waals surface area contributed by atoms with E-state index in [9.17, 15) is 0 Å². The second kappa shape index (κ2) is 6.57. The minimum atomic E-state index is -0.189. The highest BCUT2D eigenvalue weighted by molar-refractivity contribution is 5.38. The smallest absolute Gasteiger partial charge is 0.123 e. The summed E-state index contributed by atoms with van der Waals surface area (Å²) >= 11 is 0. The summed E-state index contributed by atoms with van der Waals surface area (Å²) in [5, 5.41) is 3.55. The van der Waals surface area contributed by atoms with Gasteiger partial charge in [-0.1, -0.05) is 17.7 Å². The molecule has 112 valence electrons. The predicted molar refractivity (Wildman–Crippen MR) is 79.3 cm³/mol. The molecule has 1 fully saturated rings. The first-order valence-electron chi connectivity index (χ1n) is 7.11. The van der Waals surface area contributed by atoms with Gasteiger partial charge in [0.1, 0.15) is 11.4 Å². The van der Waals surface area contributed by atoms with Crippen LogP contribution in [0.25, 0.3) is 0 Å². The zero-order chi connectivity index (χ0) is 14.6. The molecule has 2 unspecified atom stereocenters. The molecule has 0 saturated carbocycles. The SMILES string of the molecule is COc1ccc(C)cc1C(C)NCC1(OC)CCOC1. The molecule has 1 heterocycles. The maximum atomic E-state index is 5.65. The number of hydrogen-bond donors (Lipinski definition) is 1. The topological polar surface area (TPSA) is 39.7 Å². The summed E-state index contributed by atoms with van der Waals surface area (Å²) in [6, 6.07) is 6.46. The van der Waals surface area contributed by atoms with Crippen molar-refractivity contribution in [2.45, 2.75) is 31.9 Å². The van der Waals surface area contributed by atoms with E-state index in [1.165, 1.54) is 11.1 Å². The van der Waals surface area contributed by atoms with E-state index in [4.69, 9.17) is 14.2 Å². The molecule has 1 aromatic carbocycles. The molecule has 4 heteroatoms. The number of benzene rings is 1. The van der Waals surface area contributed by atoms with Gasteiger partial charge in [-0.05, 0) is 19.9 Å². The molecule has 0 aromatic heterocycles. The Morgan fingerprint density at radius 2 is 2.20 bits per heavy atom. The molecule has 0 radical (unpaired) electrons. The molecule has 1 saturated heterocycles. The fourth-order valence-electron chi connectivity index (χ4n) is 2.60. The summed E-state index contributed by atoms with van der Waals surface area (Å²) in [6.07, 6.45) is 0.939. The molecule has 1 N–H and O–H groups in total. The van der Waals surface area contributed by atoms with Gasteiger partial charge in [0.05, 0.1) is 13.7 Å². The third-order valence-corrected chi connectivity index (χ3v) is 4.08. The molecule has 2 rings (SSSR count). The van der Waals surface area contributed by atoms with Crippen molar-refractivity contribution >= 4 is 0 Å². The third-order valence-electron chi connectivity index (χ3n) is 4.08. The highest BCUT2D eigenvalue weighted by atomic mass is 16.5. The number of aryl methyl sites for hydroxylation is 1. The van der Waals surface area contributed by atoms with Gasteiger partial charge in [0.15, 0.2) is 0 Å². The molecule has 20 heavy (non-hydrogen) atoms. The molecular formula is C16H25NO3. The molecule has 1 aliphatic heterocycles. The Bertz CT molecular complexity index is 441. The largest absolute Gasteiger partial charge is 0.496 e. The first kappa shape index (κ1) is 15.3. The van der Waals surface area contributed by atoms with Crippen LogP contribution in [0.2, 0.25) is 0 Å². The van der Waals surface area contributed by atoms with Crippen LogP contribution >= 0.6 is 0 Å². The first-order valence-corrected chi connectivity index (χ1v) is 7.11. The molecule has 1 aromatic rings. The Balaban J connectivity index is 2.04. The Labute approximate surface area is 121 Å². The predicted octanol–water partition coefficient (Wildman–Crippen LogP) is 2.46. The van der Waals surface area contributed by atoms with Crippen molar-refractivity contribution in [1.29, 1.82) is 0 Å². The summed E-state index contributed by atoms with van der Waals surface area (Å²) in [5.74, 6) is 0.921. The fraction of sp³-hybridized carbons (Fsp3) is 0.625. The molecule has 2 atom stereocenters. The molecule has 0 amide bonds. The van der Waals surface area contributed by atoms with Crippen LogP contribution in [0, 0.1) is 6.92 Å². The van der Waals surface area contributed by atoms with Crippen molar-refractivity contribution in [2.24, 2.45) is 0 Å². The maximum Gasteiger partial charge on any atom is 0.123 e. The number of nitrogens with one attached hydrogen (secondary N) is 1. The van der Waals surface area contributed by atoms with Crippen LogP contribution < -0.4 is 10.1 Å². The van der Waals surface area contributed by atoms with Gasteiger partial charge in [-0.3, -0.25) is 0 Å². The summed E-state index contributed by atoms with van der Waals surface area (Å²) in [5.41, 5.74) is 2.23. The van der Waals surface area contributed by atoms with Gasteiger partial charge in [0.25, 0.3) is 0 Å². The summed E-state index contributed by atoms with van der Waals surface area (Å²) in [7, 11) is 3.47. The van der Waals surface area contributed by atoms with E-state index in [2.05, 4.69) is 31.3 Å². The van der Waals surface area contributed by atoms with Crippen molar-refractivity contribution in [2.75, 3.05) is 34.0 Å². The van der Waals surface area contributed by atoms with Crippen LogP contribution in [-0.2, 0) is 9.47 Å². The number of methoxy groups -OCH3 is 2. The number of hydrogen-bond acceptors (Lipinski definition) is 4. The van der Waals surface area contributed by atoms with Gasteiger partial charge in [-0.15, -0.1) is 0 Å².